The number of fused-ring (bicyclic) bond motifs is 1. The van der Waals surface area contributed by atoms with E-state index in [2.05, 4.69) is 54.0 Å². The van der Waals surface area contributed by atoms with E-state index in [1.54, 1.807) is 0 Å². The van der Waals surface area contributed by atoms with Crippen LogP contribution < -0.4 is 10.6 Å². The molecule has 5 heteroatoms. The number of nitriles is 1. The molecule has 2 aliphatic rings. The average Bonchev–Trinajstić information content (AvgIpc) is 3.39. The van der Waals surface area contributed by atoms with Crippen molar-refractivity contribution in [1.29, 1.82) is 5.26 Å². The Morgan fingerprint density at radius 1 is 1.21 bits per heavy atom. The Morgan fingerprint density at radius 2 is 2.00 bits per heavy atom. The van der Waals surface area contributed by atoms with Gasteiger partial charge in [0.15, 0.2) is 0 Å². The van der Waals surface area contributed by atoms with Crippen molar-refractivity contribution in [2.24, 2.45) is 0 Å². The summed E-state index contributed by atoms with van der Waals surface area (Å²) in [5.74, 6) is 2.11. The van der Waals surface area contributed by atoms with Crippen LogP contribution in [-0.2, 0) is 0 Å². The monoisotopic (exact) mass is 405 g/mol. The van der Waals surface area contributed by atoms with Crippen molar-refractivity contribution in [3.8, 4) is 6.07 Å². The number of nitrogens with zero attached hydrogens (tertiary/aromatic N) is 1. The summed E-state index contributed by atoms with van der Waals surface area (Å²) in [6, 6.07) is 19.6. The molecule has 1 fully saturated rings. The topological polar surface area (TPSA) is 64.9 Å². The standard InChI is InChI=1S/C24H27N3OS/c1-16(22-15-29-23-5-3-2-4-21(22)23)27-20-11-10-19(14-20)17-6-8-18(9-7-17)24(28)26-13-12-25/h2-9,16,19-20,22,27H,10-11,13-15H2,1H3,(H,26,28)/t16-,19+,20?,22?/m1/s1. The zero-order chi connectivity index (χ0) is 20.2. The minimum Gasteiger partial charge on any atom is -0.339 e. The highest BCUT2D eigenvalue weighted by Crippen LogP contribution is 2.42. The first-order chi connectivity index (χ1) is 14.2. The normalized spacial score (nSPS) is 23.9. The molecule has 0 radical (unpaired) electrons. The molecule has 0 spiro atoms. The van der Waals surface area contributed by atoms with Gasteiger partial charge in [-0.2, -0.15) is 5.26 Å². The second-order valence-corrected chi connectivity index (χ2v) is 9.14. The highest BCUT2D eigenvalue weighted by Gasteiger charge is 2.32. The molecule has 2 aromatic carbocycles. The molecule has 150 valence electrons. The molecule has 0 saturated heterocycles. The first-order valence-electron chi connectivity index (χ1n) is 10.4. The summed E-state index contributed by atoms with van der Waals surface area (Å²) in [6.45, 7) is 2.37. The molecule has 2 unspecified atom stereocenters. The quantitative estimate of drug-likeness (QED) is 0.697. The summed E-state index contributed by atoms with van der Waals surface area (Å²) in [4.78, 5) is 13.4. The van der Waals surface area contributed by atoms with Crippen LogP contribution >= 0.6 is 11.8 Å². The Kier molecular flexibility index (Phi) is 6.22. The van der Waals surface area contributed by atoms with Crippen molar-refractivity contribution in [3.05, 3.63) is 65.2 Å². The van der Waals surface area contributed by atoms with Gasteiger partial charge < -0.3 is 10.6 Å². The molecule has 4 rings (SSSR count). The fourth-order valence-corrected chi connectivity index (χ4v) is 6.04. The maximum absolute atomic E-state index is 11.9. The highest BCUT2D eigenvalue weighted by molar-refractivity contribution is 7.99. The summed E-state index contributed by atoms with van der Waals surface area (Å²) in [7, 11) is 0. The molecule has 1 amide bonds. The van der Waals surface area contributed by atoms with Gasteiger partial charge in [-0.25, -0.2) is 0 Å². The Balaban J connectivity index is 1.32. The highest BCUT2D eigenvalue weighted by atomic mass is 32.2. The lowest BCUT2D eigenvalue weighted by molar-refractivity contribution is 0.0958. The molecule has 4 atom stereocenters. The molecule has 0 bridgehead atoms. The predicted molar refractivity (Wildman–Crippen MR) is 117 cm³/mol. The lowest BCUT2D eigenvalue weighted by Crippen LogP contribution is -2.39. The van der Waals surface area contributed by atoms with Crippen molar-refractivity contribution in [1.82, 2.24) is 10.6 Å². The molecule has 1 saturated carbocycles. The molecule has 0 aromatic heterocycles. The van der Waals surface area contributed by atoms with E-state index >= 15 is 0 Å². The first kappa shape index (κ1) is 20.0. The third-order valence-electron chi connectivity index (χ3n) is 6.24. The molecular weight excluding hydrogens is 378 g/mol. The SMILES string of the molecule is C[C@@H](NC1CC[C@H](c2ccc(C(=O)NCC#N)cc2)C1)C1CSc2ccccc21. The van der Waals surface area contributed by atoms with Crippen molar-refractivity contribution >= 4 is 17.7 Å². The maximum atomic E-state index is 11.9. The van der Waals surface area contributed by atoms with Crippen LogP contribution in [0.3, 0.4) is 0 Å². The van der Waals surface area contributed by atoms with E-state index < -0.39 is 0 Å². The van der Waals surface area contributed by atoms with E-state index in [-0.39, 0.29) is 12.5 Å². The molecular formula is C24H27N3OS. The van der Waals surface area contributed by atoms with Gasteiger partial charge >= 0.3 is 0 Å². The first-order valence-corrected chi connectivity index (χ1v) is 11.4. The lowest BCUT2D eigenvalue weighted by atomic mass is 9.93. The van der Waals surface area contributed by atoms with E-state index in [1.165, 1.54) is 34.6 Å². The van der Waals surface area contributed by atoms with Crippen LogP contribution in [0.1, 0.15) is 59.5 Å². The zero-order valence-electron chi connectivity index (χ0n) is 16.7. The Bertz CT molecular complexity index is 905. The van der Waals surface area contributed by atoms with Gasteiger partial charge in [-0.1, -0.05) is 30.3 Å². The molecule has 2 aromatic rings. The lowest BCUT2D eigenvalue weighted by Gasteiger charge is -2.25. The number of carbonyl (C=O) groups is 1. The van der Waals surface area contributed by atoms with Crippen molar-refractivity contribution in [3.63, 3.8) is 0 Å². The molecule has 1 aliphatic carbocycles. The third-order valence-corrected chi connectivity index (χ3v) is 7.45. The van der Waals surface area contributed by atoms with E-state index in [0.29, 0.717) is 29.5 Å². The van der Waals surface area contributed by atoms with Gasteiger partial charge in [0.2, 0.25) is 0 Å². The van der Waals surface area contributed by atoms with E-state index in [1.807, 2.05) is 30.0 Å². The van der Waals surface area contributed by atoms with Crippen molar-refractivity contribution < 1.29 is 4.79 Å². The number of hydrogen-bond acceptors (Lipinski definition) is 4. The number of carbonyl (C=O) groups excluding carboxylic acids is 1. The van der Waals surface area contributed by atoms with Gasteiger partial charge in [-0.15, -0.1) is 11.8 Å². The molecule has 1 aliphatic heterocycles. The fourth-order valence-electron chi connectivity index (χ4n) is 4.65. The fraction of sp³-hybridized carbons (Fsp3) is 0.417. The Hall–Kier alpha value is -2.29. The summed E-state index contributed by atoms with van der Waals surface area (Å²) in [6.07, 6.45) is 3.52. The smallest absolute Gasteiger partial charge is 0.252 e. The van der Waals surface area contributed by atoms with Gasteiger partial charge in [0.1, 0.15) is 6.54 Å². The van der Waals surface area contributed by atoms with Crippen LogP contribution in [0, 0.1) is 11.3 Å². The molecule has 29 heavy (non-hydrogen) atoms. The molecule has 1 heterocycles. The largest absolute Gasteiger partial charge is 0.339 e. The van der Waals surface area contributed by atoms with Crippen LogP contribution in [0.2, 0.25) is 0 Å². The van der Waals surface area contributed by atoms with Crippen LogP contribution in [-0.4, -0.2) is 30.3 Å². The summed E-state index contributed by atoms with van der Waals surface area (Å²) in [5, 5.41) is 15.1. The minimum atomic E-state index is -0.187. The van der Waals surface area contributed by atoms with Gasteiger partial charge in [-0.3, -0.25) is 4.79 Å². The van der Waals surface area contributed by atoms with Crippen LogP contribution in [0.25, 0.3) is 0 Å². The number of amides is 1. The number of hydrogen-bond donors (Lipinski definition) is 2. The zero-order valence-corrected chi connectivity index (χ0v) is 17.5. The third kappa shape index (κ3) is 4.49. The average molecular weight is 406 g/mol. The molecule has 2 N–H and O–H groups in total. The number of rotatable bonds is 6. The predicted octanol–water partition coefficient (Wildman–Crippen LogP) is 4.44. The van der Waals surface area contributed by atoms with Crippen molar-refractivity contribution in [2.75, 3.05) is 12.3 Å². The molecule has 4 nitrogen and oxygen atoms in total. The van der Waals surface area contributed by atoms with E-state index in [9.17, 15) is 4.79 Å². The Morgan fingerprint density at radius 3 is 2.79 bits per heavy atom. The number of benzene rings is 2. The number of thioether (sulfide) groups is 1. The van der Waals surface area contributed by atoms with Gasteiger partial charge in [-0.05, 0) is 61.4 Å². The van der Waals surface area contributed by atoms with Crippen molar-refractivity contribution in [2.45, 2.75) is 55.0 Å². The van der Waals surface area contributed by atoms with Gasteiger partial charge in [0.05, 0.1) is 6.07 Å². The van der Waals surface area contributed by atoms with Crippen LogP contribution in [0.15, 0.2) is 53.4 Å². The van der Waals surface area contributed by atoms with Gasteiger partial charge in [0.25, 0.3) is 5.91 Å². The second-order valence-electron chi connectivity index (χ2n) is 8.08. The second kappa shape index (κ2) is 9.02. The Labute approximate surface area is 177 Å². The minimum absolute atomic E-state index is 0.0404. The van der Waals surface area contributed by atoms with E-state index in [0.717, 1.165) is 6.42 Å². The number of nitrogens with one attached hydrogen (secondary N) is 2. The van der Waals surface area contributed by atoms with Crippen LogP contribution in [0.4, 0.5) is 0 Å². The van der Waals surface area contributed by atoms with E-state index in [4.69, 9.17) is 5.26 Å². The summed E-state index contributed by atoms with van der Waals surface area (Å²) in [5.41, 5.74) is 3.42. The van der Waals surface area contributed by atoms with Gasteiger partial charge in [0, 0.05) is 34.2 Å². The maximum Gasteiger partial charge on any atom is 0.252 e. The van der Waals surface area contributed by atoms with Crippen LogP contribution in [0.5, 0.6) is 0 Å². The summed E-state index contributed by atoms with van der Waals surface area (Å²) < 4.78 is 0. The summed E-state index contributed by atoms with van der Waals surface area (Å²) >= 11 is 1.98.